The number of carbonyl (C=O) groups is 1. The predicted molar refractivity (Wildman–Crippen MR) is 68.1 cm³/mol. The van der Waals surface area contributed by atoms with Crippen LogP contribution in [0.25, 0.3) is 0 Å². The van der Waals surface area contributed by atoms with E-state index in [1.54, 1.807) is 4.90 Å². The second kappa shape index (κ2) is 5.50. The number of likely N-dealkylation sites (tertiary alicyclic amines) is 1. The highest BCUT2D eigenvalue weighted by atomic mass is 16.3. The smallest absolute Gasteiger partial charge is 0.230 e. The molecule has 1 heterocycles. The van der Waals surface area contributed by atoms with Crippen LogP contribution >= 0.6 is 0 Å². The second-order valence-corrected chi connectivity index (χ2v) is 4.75. The highest BCUT2D eigenvalue weighted by Gasteiger charge is 2.35. The van der Waals surface area contributed by atoms with Gasteiger partial charge in [0.1, 0.15) is 0 Å². The Morgan fingerprint density at radius 2 is 1.83 bits per heavy atom. The SMILES string of the molecule is CCC(C(=O)N1CC(O)C(O)C1)c1ccccc1. The Morgan fingerprint density at radius 3 is 2.33 bits per heavy atom. The van der Waals surface area contributed by atoms with E-state index in [0.29, 0.717) is 6.42 Å². The van der Waals surface area contributed by atoms with Crippen LogP contribution in [0, 0.1) is 0 Å². The summed E-state index contributed by atoms with van der Waals surface area (Å²) in [7, 11) is 0. The van der Waals surface area contributed by atoms with Gasteiger partial charge in [0.05, 0.1) is 18.1 Å². The number of carbonyl (C=O) groups excluding carboxylic acids is 1. The van der Waals surface area contributed by atoms with Gasteiger partial charge in [-0.3, -0.25) is 4.79 Å². The molecule has 4 heteroatoms. The van der Waals surface area contributed by atoms with Crippen molar-refractivity contribution in [3.05, 3.63) is 35.9 Å². The lowest BCUT2D eigenvalue weighted by molar-refractivity contribution is -0.132. The van der Waals surface area contributed by atoms with E-state index in [-0.39, 0.29) is 24.9 Å². The molecule has 0 aliphatic carbocycles. The van der Waals surface area contributed by atoms with Gasteiger partial charge in [-0.2, -0.15) is 0 Å². The van der Waals surface area contributed by atoms with E-state index in [1.807, 2.05) is 37.3 Å². The van der Waals surface area contributed by atoms with Crippen molar-refractivity contribution in [3.8, 4) is 0 Å². The Balaban J connectivity index is 2.12. The molecule has 3 atom stereocenters. The summed E-state index contributed by atoms with van der Waals surface area (Å²) in [6.07, 6.45) is -0.921. The summed E-state index contributed by atoms with van der Waals surface area (Å²) < 4.78 is 0. The van der Waals surface area contributed by atoms with Gasteiger partial charge in [-0.15, -0.1) is 0 Å². The maximum atomic E-state index is 12.4. The van der Waals surface area contributed by atoms with E-state index in [2.05, 4.69) is 0 Å². The van der Waals surface area contributed by atoms with Crippen LogP contribution < -0.4 is 0 Å². The lowest BCUT2D eigenvalue weighted by Crippen LogP contribution is -2.34. The molecule has 1 aromatic rings. The fourth-order valence-electron chi connectivity index (χ4n) is 2.41. The first-order chi connectivity index (χ1) is 8.63. The van der Waals surface area contributed by atoms with Gasteiger partial charge in [-0.25, -0.2) is 0 Å². The Morgan fingerprint density at radius 1 is 1.28 bits per heavy atom. The fourth-order valence-corrected chi connectivity index (χ4v) is 2.41. The number of benzene rings is 1. The standard InChI is InChI=1S/C14H19NO3/c1-2-11(10-6-4-3-5-7-10)14(18)15-8-12(16)13(17)9-15/h3-7,11-13,16-17H,2,8-9H2,1H3. The summed E-state index contributed by atoms with van der Waals surface area (Å²) in [5.41, 5.74) is 0.987. The zero-order valence-electron chi connectivity index (χ0n) is 10.5. The van der Waals surface area contributed by atoms with Crippen LogP contribution in [0.5, 0.6) is 0 Å². The summed E-state index contributed by atoms with van der Waals surface area (Å²) in [4.78, 5) is 13.9. The van der Waals surface area contributed by atoms with Gasteiger partial charge in [0.2, 0.25) is 5.91 Å². The Hall–Kier alpha value is -1.39. The minimum Gasteiger partial charge on any atom is -0.388 e. The third kappa shape index (κ3) is 2.54. The summed E-state index contributed by atoms with van der Waals surface area (Å²) in [6, 6.07) is 9.63. The first-order valence-electron chi connectivity index (χ1n) is 6.33. The number of amides is 1. The van der Waals surface area contributed by atoms with Crippen LogP contribution in [-0.2, 0) is 4.79 Å². The normalized spacial score (nSPS) is 25.2. The predicted octanol–water partition coefficient (Wildman–Crippen LogP) is 0.744. The maximum Gasteiger partial charge on any atom is 0.230 e. The molecule has 0 aromatic heterocycles. The van der Waals surface area contributed by atoms with Crippen LogP contribution in [0.1, 0.15) is 24.8 Å². The average Bonchev–Trinajstić information content (AvgIpc) is 2.72. The molecule has 0 radical (unpaired) electrons. The Bertz CT molecular complexity index is 397. The molecule has 0 bridgehead atoms. The molecule has 1 amide bonds. The Kier molecular flexibility index (Phi) is 3.99. The van der Waals surface area contributed by atoms with Crippen LogP contribution in [0.3, 0.4) is 0 Å². The quantitative estimate of drug-likeness (QED) is 0.831. The van der Waals surface area contributed by atoms with Crippen molar-refractivity contribution in [1.82, 2.24) is 4.90 Å². The molecule has 1 fully saturated rings. The molecule has 1 saturated heterocycles. The first-order valence-corrected chi connectivity index (χ1v) is 6.33. The summed E-state index contributed by atoms with van der Waals surface area (Å²) in [5, 5.41) is 19.0. The minimum atomic E-state index is -0.817. The van der Waals surface area contributed by atoms with Gasteiger partial charge in [0.25, 0.3) is 0 Å². The summed E-state index contributed by atoms with van der Waals surface area (Å²) in [5.74, 6) is -0.206. The number of β-amino-alcohol motifs (C(OH)–C–C–N with tert-alkyl or cyclic N) is 2. The largest absolute Gasteiger partial charge is 0.388 e. The van der Waals surface area contributed by atoms with Crippen LogP contribution in [0.2, 0.25) is 0 Å². The molecule has 0 saturated carbocycles. The van der Waals surface area contributed by atoms with Crippen LogP contribution in [-0.4, -0.2) is 46.3 Å². The molecule has 1 aliphatic heterocycles. The van der Waals surface area contributed by atoms with Gasteiger partial charge < -0.3 is 15.1 Å². The van der Waals surface area contributed by atoms with E-state index in [4.69, 9.17) is 0 Å². The van der Waals surface area contributed by atoms with Gasteiger partial charge >= 0.3 is 0 Å². The zero-order chi connectivity index (χ0) is 13.1. The van der Waals surface area contributed by atoms with E-state index in [1.165, 1.54) is 0 Å². The molecular formula is C14H19NO3. The number of hydrogen-bond donors (Lipinski definition) is 2. The minimum absolute atomic E-state index is 0.0145. The van der Waals surface area contributed by atoms with Crippen molar-refractivity contribution < 1.29 is 15.0 Å². The Labute approximate surface area is 107 Å². The van der Waals surface area contributed by atoms with E-state index in [0.717, 1.165) is 5.56 Å². The average molecular weight is 249 g/mol. The number of nitrogens with zero attached hydrogens (tertiary/aromatic N) is 1. The molecule has 3 unspecified atom stereocenters. The van der Waals surface area contributed by atoms with Gasteiger partial charge in [-0.1, -0.05) is 37.3 Å². The van der Waals surface area contributed by atoms with Crippen LogP contribution in [0.15, 0.2) is 30.3 Å². The van der Waals surface area contributed by atoms with E-state index < -0.39 is 12.2 Å². The summed E-state index contributed by atoms with van der Waals surface area (Å²) >= 11 is 0. The molecule has 0 spiro atoms. The zero-order valence-corrected chi connectivity index (χ0v) is 10.5. The number of aliphatic hydroxyl groups is 2. The monoisotopic (exact) mass is 249 g/mol. The second-order valence-electron chi connectivity index (χ2n) is 4.75. The van der Waals surface area contributed by atoms with Crippen molar-refractivity contribution in [3.63, 3.8) is 0 Å². The molecule has 1 aromatic carbocycles. The topological polar surface area (TPSA) is 60.8 Å². The maximum absolute atomic E-state index is 12.4. The summed E-state index contributed by atoms with van der Waals surface area (Å²) in [6.45, 7) is 2.42. The third-order valence-corrected chi connectivity index (χ3v) is 3.48. The van der Waals surface area contributed by atoms with Gasteiger partial charge in [0.15, 0.2) is 0 Å². The highest BCUT2D eigenvalue weighted by Crippen LogP contribution is 2.24. The van der Waals surface area contributed by atoms with Crippen molar-refractivity contribution in [1.29, 1.82) is 0 Å². The first kappa shape index (κ1) is 13.1. The molecule has 1 aliphatic rings. The van der Waals surface area contributed by atoms with Crippen molar-refractivity contribution in [2.24, 2.45) is 0 Å². The number of rotatable bonds is 3. The van der Waals surface area contributed by atoms with Gasteiger partial charge in [-0.05, 0) is 12.0 Å². The highest BCUT2D eigenvalue weighted by molar-refractivity contribution is 5.84. The lowest BCUT2D eigenvalue weighted by Gasteiger charge is -2.22. The lowest BCUT2D eigenvalue weighted by atomic mass is 9.95. The molecule has 2 N–H and O–H groups in total. The van der Waals surface area contributed by atoms with Crippen molar-refractivity contribution >= 4 is 5.91 Å². The van der Waals surface area contributed by atoms with Crippen molar-refractivity contribution in [2.75, 3.05) is 13.1 Å². The van der Waals surface area contributed by atoms with Crippen LogP contribution in [0.4, 0.5) is 0 Å². The number of aliphatic hydroxyl groups excluding tert-OH is 2. The van der Waals surface area contributed by atoms with Crippen molar-refractivity contribution in [2.45, 2.75) is 31.5 Å². The molecule has 98 valence electrons. The van der Waals surface area contributed by atoms with Gasteiger partial charge in [0, 0.05) is 13.1 Å². The molecule has 4 nitrogen and oxygen atoms in total. The fraction of sp³-hybridized carbons (Fsp3) is 0.500. The molecule has 2 rings (SSSR count). The van der Waals surface area contributed by atoms with E-state index in [9.17, 15) is 15.0 Å². The number of hydrogen-bond acceptors (Lipinski definition) is 3. The molecule has 18 heavy (non-hydrogen) atoms. The molecular weight excluding hydrogens is 230 g/mol. The van der Waals surface area contributed by atoms with E-state index >= 15 is 0 Å². The third-order valence-electron chi connectivity index (χ3n) is 3.48.